The molecule has 0 aliphatic heterocycles. The molecule has 0 spiro atoms. The molecule has 0 saturated heterocycles. The second kappa shape index (κ2) is 5.22. The van der Waals surface area contributed by atoms with Gasteiger partial charge in [0.2, 0.25) is 0 Å². The number of benzene rings is 2. The highest BCUT2D eigenvalue weighted by molar-refractivity contribution is 6.31. The molecule has 1 N–H and O–H groups in total. The Labute approximate surface area is 125 Å². The van der Waals surface area contributed by atoms with Gasteiger partial charge in [-0.05, 0) is 42.0 Å². The number of carboxylic acids is 1. The third-order valence-corrected chi connectivity index (χ3v) is 3.73. The van der Waals surface area contributed by atoms with Crippen LogP contribution in [0.2, 0.25) is 5.02 Å². The van der Waals surface area contributed by atoms with Gasteiger partial charge in [0, 0.05) is 28.7 Å². The van der Waals surface area contributed by atoms with E-state index in [0.29, 0.717) is 11.6 Å². The first-order valence-corrected chi connectivity index (χ1v) is 6.68. The van der Waals surface area contributed by atoms with Crippen LogP contribution in [0.25, 0.3) is 10.9 Å². The Morgan fingerprint density at radius 3 is 2.71 bits per heavy atom. The first-order chi connectivity index (χ1) is 10.0. The van der Waals surface area contributed by atoms with E-state index in [4.69, 9.17) is 16.7 Å². The summed E-state index contributed by atoms with van der Waals surface area (Å²) >= 11 is 6.13. The van der Waals surface area contributed by atoms with Gasteiger partial charge in [-0.3, -0.25) is 0 Å². The fourth-order valence-electron chi connectivity index (χ4n) is 2.30. The highest BCUT2D eigenvalue weighted by atomic mass is 35.5. The van der Waals surface area contributed by atoms with Crippen molar-refractivity contribution in [3.63, 3.8) is 0 Å². The van der Waals surface area contributed by atoms with Crippen molar-refractivity contribution in [1.82, 2.24) is 4.57 Å². The largest absolute Gasteiger partial charge is 0.478 e. The van der Waals surface area contributed by atoms with Crippen LogP contribution < -0.4 is 0 Å². The van der Waals surface area contributed by atoms with Gasteiger partial charge in [0.1, 0.15) is 5.82 Å². The molecule has 0 fully saturated rings. The van der Waals surface area contributed by atoms with E-state index in [0.717, 1.165) is 16.5 Å². The number of hydrogen-bond donors (Lipinski definition) is 1. The smallest absolute Gasteiger partial charge is 0.335 e. The molecule has 3 rings (SSSR count). The molecule has 5 heteroatoms. The van der Waals surface area contributed by atoms with Gasteiger partial charge in [-0.1, -0.05) is 17.7 Å². The average molecular weight is 304 g/mol. The van der Waals surface area contributed by atoms with Crippen LogP contribution in [0.1, 0.15) is 15.9 Å². The summed E-state index contributed by atoms with van der Waals surface area (Å²) in [4.78, 5) is 10.9. The van der Waals surface area contributed by atoms with Crippen LogP contribution in [0.5, 0.6) is 0 Å². The van der Waals surface area contributed by atoms with E-state index in [2.05, 4.69) is 0 Å². The zero-order chi connectivity index (χ0) is 15.0. The van der Waals surface area contributed by atoms with E-state index in [1.54, 1.807) is 12.1 Å². The number of carboxylic acid groups (broad SMARTS) is 1. The van der Waals surface area contributed by atoms with Gasteiger partial charge >= 0.3 is 5.97 Å². The summed E-state index contributed by atoms with van der Waals surface area (Å²) in [6.45, 7) is 0.494. The number of fused-ring (bicyclic) bond motifs is 1. The Balaban J connectivity index is 1.97. The minimum atomic E-state index is -1.01. The van der Waals surface area contributed by atoms with Crippen molar-refractivity contribution < 1.29 is 14.3 Å². The van der Waals surface area contributed by atoms with Crippen molar-refractivity contribution in [1.29, 1.82) is 0 Å². The third kappa shape index (κ3) is 2.62. The summed E-state index contributed by atoms with van der Waals surface area (Å²) in [5.74, 6) is -1.28. The van der Waals surface area contributed by atoms with Crippen LogP contribution in [0, 0.1) is 5.82 Å². The molecule has 0 bridgehead atoms. The van der Waals surface area contributed by atoms with Crippen LogP contribution in [-0.2, 0) is 6.54 Å². The number of nitrogens with zero attached hydrogens (tertiary/aromatic N) is 1. The molecule has 0 aliphatic rings. The quantitative estimate of drug-likeness (QED) is 0.788. The molecular weight excluding hydrogens is 293 g/mol. The Hall–Kier alpha value is -2.33. The maximum absolute atomic E-state index is 13.2. The summed E-state index contributed by atoms with van der Waals surface area (Å²) in [5.41, 5.74) is 1.86. The number of halogens is 2. The molecule has 1 heterocycles. The maximum Gasteiger partial charge on any atom is 0.335 e. The highest BCUT2D eigenvalue weighted by Gasteiger charge is 2.09. The fraction of sp³-hybridized carbons (Fsp3) is 0.0625. The summed E-state index contributed by atoms with van der Waals surface area (Å²) in [5, 5.41) is 10.1. The lowest BCUT2D eigenvalue weighted by Gasteiger charge is -2.08. The summed E-state index contributed by atoms with van der Waals surface area (Å²) in [6.07, 6.45) is 1.85. The molecule has 106 valence electrons. The third-order valence-electron chi connectivity index (χ3n) is 3.37. The minimum absolute atomic E-state index is 0.156. The number of aromatic carboxylic acids is 1. The van der Waals surface area contributed by atoms with Crippen molar-refractivity contribution in [3.8, 4) is 0 Å². The molecule has 0 unspecified atom stereocenters. The highest BCUT2D eigenvalue weighted by Crippen LogP contribution is 2.23. The molecule has 2 aromatic carbocycles. The monoisotopic (exact) mass is 303 g/mol. The van der Waals surface area contributed by atoms with Crippen LogP contribution >= 0.6 is 11.6 Å². The Bertz CT molecular complexity index is 841. The van der Waals surface area contributed by atoms with Crippen LogP contribution in [-0.4, -0.2) is 15.6 Å². The van der Waals surface area contributed by atoms with Gasteiger partial charge in [0.15, 0.2) is 0 Å². The molecular formula is C16H11ClFNO2. The normalized spacial score (nSPS) is 11.0. The predicted molar refractivity (Wildman–Crippen MR) is 79.4 cm³/mol. The molecule has 0 radical (unpaired) electrons. The Kier molecular flexibility index (Phi) is 3.39. The molecule has 0 atom stereocenters. The number of aromatic nitrogens is 1. The van der Waals surface area contributed by atoms with Crippen LogP contribution in [0.4, 0.5) is 4.39 Å². The number of carbonyl (C=O) groups is 1. The zero-order valence-electron chi connectivity index (χ0n) is 10.9. The molecule has 21 heavy (non-hydrogen) atoms. The summed E-state index contributed by atoms with van der Waals surface area (Å²) in [6, 6.07) is 11.1. The molecule has 1 aromatic heterocycles. The van der Waals surface area contributed by atoms with E-state index in [9.17, 15) is 9.18 Å². The molecule has 0 amide bonds. The summed E-state index contributed by atoms with van der Waals surface area (Å²) in [7, 11) is 0. The van der Waals surface area contributed by atoms with Crippen LogP contribution in [0.3, 0.4) is 0 Å². The topological polar surface area (TPSA) is 42.2 Å². The van der Waals surface area contributed by atoms with Gasteiger partial charge in [-0.2, -0.15) is 0 Å². The maximum atomic E-state index is 13.2. The van der Waals surface area contributed by atoms with Crippen molar-refractivity contribution in [3.05, 3.63) is 70.6 Å². The second-order valence-electron chi connectivity index (χ2n) is 4.76. The van der Waals surface area contributed by atoms with Crippen molar-refractivity contribution in [2.24, 2.45) is 0 Å². The van der Waals surface area contributed by atoms with E-state index in [1.165, 1.54) is 24.3 Å². The summed E-state index contributed by atoms with van der Waals surface area (Å²) < 4.78 is 15.1. The zero-order valence-corrected chi connectivity index (χ0v) is 11.6. The molecule has 3 aromatic rings. The van der Waals surface area contributed by atoms with Gasteiger partial charge in [0.25, 0.3) is 0 Å². The fourth-order valence-corrected chi connectivity index (χ4v) is 2.54. The van der Waals surface area contributed by atoms with E-state index in [1.807, 2.05) is 16.8 Å². The lowest BCUT2D eigenvalue weighted by molar-refractivity contribution is 0.0697. The lowest BCUT2D eigenvalue weighted by atomic mass is 10.1. The predicted octanol–water partition coefficient (Wildman–Crippen LogP) is 4.18. The van der Waals surface area contributed by atoms with Gasteiger partial charge < -0.3 is 9.67 Å². The van der Waals surface area contributed by atoms with Crippen molar-refractivity contribution >= 4 is 28.5 Å². The van der Waals surface area contributed by atoms with E-state index >= 15 is 0 Å². The number of hydrogen-bond acceptors (Lipinski definition) is 1. The first kappa shape index (κ1) is 13.6. The lowest BCUT2D eigenvalue weighted by Crippen LogP contribution is -2.01. The minimum Gasteiger partial charge on any atom is -0.478 e. The molecule has 0 aliphatic carbocycles. The van der Waals surface area contributed by atoms with E-state index < -0.39 is 5.97 Å². The van der Waals surface area contributed by atoms with Gasteiger partial charge in [-0.25, -0.2) is 9.18 Å². The van der Waals surface area contributed by atoms with E-state index in [-0.39, 0.29) is 11.4 Å². The van der Waals surface area contributed by atoms with Gasteiger partial charge in [-0.15, -0.1) is 0 Å². The van der Waals surface area contributed by atoms with Gasteiger partial charge in [0.05, 0.1) is 5.56 Å². The standard InChI is InChI=1S/C16H11ClFNO2/c17-14-8-11(16(20)21)1-2-12(14)9-19-6-5-10-7-13(18)3-4-15(10)19/h1-8H,9H2,(H,20,21). The molecule has 3 nitrogen and oxygen atoms in total. The Morgan fingerprint density at radius 2 is 2.00 bits per heavy atom. The number of rotatable bonds is 3. The SMILES string of the molecule is O=C(O)c1ccc(Cn2ccc3cc(F)ccc32)c(Cl)c1. The first-order valence-electron chi connectivity index (χ1n) is 6.31. The second-order valence-corrected chi connectivity index (χ2v) is 5.17. The Morgan fingerprint density at radius 1 is 1.19 bits per heavy atom. The van der Waals surface area contributed by atoms with Crippen molar-refractivity contribution in [2.75, 3.05) is 0 Å². The van der Waals surface area contributed by atoms with Crippen molar-refractivity contribution in [2.45, 2.75) is 6.54 Å². The van der Waals surface area contributed by atoms with Crippen LogP contribution in [0.15, 0.2) is 48.7 Å². The average Bonchev–Trinajstić information content (AvgIpc) is 2.83. The molecule has 0 saturated carbocycles.